The van der Waals surface area contributed by atoms with E-state index in [0.29, 0.717) is 36.6 Å². The van der Waals surface area contributed by atoms with E-state index in [1.54, 1.807) is 0 Å². The van der Waals surface area contributed by atoms with Crippen molar-refractivity contribution in [2.75, 3.05) is 13.7 Å². The predicted octanol–water partition coefficient (Wildman–Crippen LogP) is 6.47. The summed E-state index contributed by atoms with van der Waals surface area (Å²) >= 11 is 0. The molecule has 0 amide bonds. The van der Waals surface area contributed by atoms with Crippen molar-refractivity contribution in [2.45, 2.75) is 49.1 Å². The largest absolute Gasteiger partial charge is 0.469 e. The molecule has 2 aliphatic rings. The van der Waals surface area contributed by atoms with Crippen molar-refractivity contribution in [3.8, 4) is 0 Å². The molecule has 1 saturated carbocycles. The first-order valence-corrected chi connectivity index (χ1v) is 10.6. The molecule has 3 nitrogen and oxygen atoms in total. The van der Waals surface area contributed by atoms with Crippen molar-refractivity contribution < 1.29 is 45.0 Å². The van der Waals surface area contributed by atoms with E-state index in [-0.39, 0.29) is 13.0 Å². The minimum Gasteiger partial charge on any atom is -0.469 e. The molecule has 184 valence electrons. The topological polar surface area (TPSA) is 35.5 Å². The molecule has 1 aliphatic heterocycles. The number of rotatable bonds is 3. The third-order valence-electron chi connectivity index (χ3n) is 6.87. The Hall–Kier alpha value is -2.62. The highest BCUT2D eigenvalue weighted by Gasteiger charge is 2.57. The molecule has 4 atom stereocenters. The Labute approximate surface area is 190 Å². The van der Waals surface area contributed by atoms with Gasteiger partial charge in [0.2, 0.25) is 0 Å². The molecule has 2 aromatic carbocycles. The molecule has 0 unspecified atom stereocenters. The van der Waals surface area contributed by atoms with Gasteiger partial charge in [0.25, 0.3) is 0 Å². The Morgan fingerprint density at radius 2 is 1.71 bits per heavy atom. The second-order valence-corrected chi connectivity index (χ2v) is 8.77. The molecule has 2 fully saturated rings. The van der Waals surface area contributed by atoms with Gasteiger partial charge in [-0.2, -0.15) is 26.3 Å². The fraction of sp³-hybridized carbons (Fsp3) is 0.458. The van der Waals surface area contributed by atoms with Gasteiger partial charge in [-0.15, -0.1) is 0 Å². The molecule has 1 spiro atoms. The van der Waals surface area contributed by atoms with Crippen LogP contribution in [0.1, 0.15) is 53.4 Å². The van der Waals surface area contributed by atoms with Crippen molar-refractivity contribution in [1.29, 1.82) is 0 Å². The smallest absolute Gasteiger partial charge is 0.416 e. The average molecular weight is 490 g/mol. The van der Waals surface area contributed by atoms with Crippen LogP contribution < -0.4 is 0 Å². The van der Waals surface area contributed by atoms with E-state index >= 15 is 0 Å². The lowest BCUT2D eigenvalue weighted by Crippen LogP contribution is -2.35. The molecule has 0 radical (unpaired) electrons. The number of esters is 1. The number of halogens is 7. The van der Waals surface area contributed by atoms with Crippen LogP contribution in [0.15, 0.2) is 42.5 Å². The van der Waals surface area contributed by atoms with Crippen molar-refractivity contribution in [2.24, 2.45) is 5.92 Å². The zero-order chi connectivity index (χ0) is 24.9. The molecule has 1 aliphatic carbocycles. The molecule has 0 aromatic heterocycles. The van der Waals surface area contributed by atoms with Crippen LogP contribution in [0, 0.1) is 11.7 Å². The average Bonchev–Trinajstić information content (AvgIpc) is 3.36. The molecule has 34 heavy (non-hydrogen) atoms. The summed E-state index contributed by atoms with van der Waals surface area (Å²) in [5.41, 5.74) is -3.36. The van der Waals surface area contributed by atoms with E-state index in [1.807, 2.05) is 0 Å². The van der Waals surface area contributed by atoms with E-state index < -0.39 is 64.2 Å². The normalized spacial score (nSPS) is 27.4. The first-order valence-electron chi connectivity index (χ1n) is 10.6. The summed E-state index contributed by atoms with van der Waals surface area (Å²) in [6, 6.07) is 6.77. The number of alkyl halides is 6. The first kappa shape index (κ1) is 24.5. The maximum atomic E-state index is 13.7. The maximum absolute atomic E-state index is 13.7. The summed E-state index contributed by atoms with van der Waals surface area (Å²) in [5, 5.41) is 0. The zero-order valence-corrected chi connectivity index (χ0v) is 18.0. The lowest BCUT2D eigenvalue weighted by Gasteiger charge is -2.33. The lowest BCUT2D eigenvalue weighted by molar-refractivity contribution is -0.147. The summed E-state index contributed by atoms with van der Waals surface area (Å²) in [6.45, 7) is -0.240. The van der Waals surface area contributed by atoms with Crippen LogP contribution in [-0.4, -0.2) is 25.3 Å². The number of methoxy groups -OCH3 is 1. The Balaban J connectivity index is 1.75. The SMILES string of the molecule is COC(=O)[C@H]1CC[C@@]2(C[C@@H](c3cc(C(F)(F)F)ccc3C(F)(F)F)CO2)[C@@H]1c1ccc(F)cc1. The monoisotopic (exact) mass is 490 g/mol. The Bertz CT molecular complexity index is 1060. The van der Waals surface area contributed by atoms with Crippen molar-refractivity contribution >= 4 is 5.97 Å². The minimum atomic E-state index is -4.85. The van der Waals surface area contributed by atoms with Gasteiger partial charge in [0.1, 0.15) is 5.82 Å². The van der Waals surface area contributed by atoms with Gasteiger partial charge < -0.3 is 9.47 Å². The third-order valence-corrected chi connectivity index (χ3v) is 6.87. The van der Waals surface area contributed by atoms with Crippen molar-refractivity contribution in [1.82, 2.24) is 0 Å². The minimum absolute atomic E-state index is 0.0209. The van der Waals surface area contributed by atoms with E-state index in [4.69, 9.17) is 9.47 Å². The maximum Gasteiger partial charge on any atom is 0.416 e. The van der Waals surface area contributed by atoms with Crippen LogP contribution >= 0.6 is 0 Å². The van der Waals surface area contributed by atoms with Crippen LogP contribution in [0.5, 0.6) is 0 Å². The van der Waals surface area contributed by atoms with Gasteiger partial charge in [-0.3, -0.25) is 4.79 Å². The van der Waals surface area contributed by atoms with E-state index in [0.717, 1.165) is 0 Å². The second kappa shape index (κ2) is 8.55. The van der Waals surface area contributed by atoms with Crippen LogP contribution in [0.2, 0.25) is 0 Å². The summed E-state index contributed by atoms with van der Waals surface area (Å²) < 4.78 is 105. The fourth-order valence-electron chi connectivity index (χ4n) is 5.43. The van der Waals surface area contributed by atoms with E-state index in [2.05, 4.69) is 0 Å². The van der Waals surface area contributed by atoms with Gasteiger partial charge in [0, 0.05) is 11.8 Å². The van der Waals surface area contributed by atoms with Crippen molar-refractivity contribution in [3.05, 3.63) is 70.5 Å². The van der Waals surface area contributed by atoms with Crippen LogP contribution in [0.4, 0.5) is 30.7 Å². The number of carbonyl (C=O) groups excluding carboxylic acids is 1. The van der Waals surface area contributed by atoms with Gasteiger partial charge in [-0.05, 0) is 60.7 Å². The molecule has 1 saturated heterocycles. The van der Waals surface area contributed by atoms with E-state index in [9.17, 15) is 35.5 Å². The molecule has 2 aromatic rings. The number of hydrogen-bond donors (Lipinski definition) is 0. The number of benzene rings is 2. The van der Waals surface area contributed by atoms with Gasteiger partial charge in [-0.25, -0.2) is 4.39 Å². The summed E-state index contributed by atoms with van der Waals surface area (Å²) in [5.74, 6) is -3.34. The summed E-state index contributed by atoms with van der Waals surface area (Å²) in [7, 11) is 1.21. The highest BCUT2D eigenvalue weighted by Crippen LogP contribution is 2.57. The molecule has 0 N–H and O–H groups in total. The lowest BCUT2D eigenvalue weighted by atomic mass is 9.76. The Morgan fingerprint density at radius 3 is 2.29 bits per heavy atom. The molecular weight excluding hydrogens is 469 g/mol. The summed E-state index contributed by atoms with van der Waals surface area (Å²) in [6.07, 6.45) is -9.07. The third kappa shape index (κ3) is 4.39. The molecule has 0 bridgehead atoms. The summed E-state index contributed by atoms with van der Waals surface area (Å²) in [4.78, 5) is 12.5. The van der Waals surface area contributed by atoms with Crippen LogP contribution in [0.25, 0.3) is 0 Å². The highest BCUT2D eigenvalue weighted by atomic mass is 19.4. The van der Waals surface area contributed by atoms with Gasteiger partial charge >= 0.3 is 18.3 Å². The molecular formula is C24H21F7O3. The predicted molar refractivity (Wildman–Crippen MR) is 106 cm³/mol. The quantitative estimate of drug-likeness (QED) is 0.365. The Kier molecular flexibility index (Phi) is 6.16. The molecule has 4 rings (SSSR count). The number of hydrogen-bond acceptors (Lipinski definition) is 3. The number of carbonyl (C=O) groups is 1. The van der Waals surface area contributed by atoms with Gasteiger partial charge in [0.15, 0.2) is 0 Å². The Morgan fingerprint density at radius 1 is 1.03 bits per heavy atom. The standard InChI is InChI=1S/C24H21F7O3/c1-33-21(32)17-8-9-22(20(17)13-2-5-16(25)6-3-13)11-14(12-34-22)18-10-15(23(26,27)28)4-7-19(18)24(29,30)31/h2-7,10,14,17,20H,8-9,11-12H2,1H3/t14-,17+,20-,22-/m1/s1. The molecule has 10 heteroatoms. The fourth-order valence-corrected chi connectivity index (χ4v) is 5.43. The van der Waals surface area contributed by atoms with Gasteiger partial charge in [0.05, 0.1) is 36.4 Å². The van der Waals surface area contributed by atoms with Crippen LogP contribution in [0.3, 0.4) is 0 Å². The van der Waals surface area contributed by atoms with Crippen LogP contribution in [-0.2, 0) is 26.6 Å². The zero-order valence-electron chi connectivity index (χ0n) is 18.0. The van der Waals surface area contributed by atoms with E-state index in [1.165, 1.54) is 31.4 Å². The number of ether oxygens (including phenoxy) is 2. The van der Waals surface area contributed by atoms with Gasteiger partial charge in [-0.1, -0.05) is 12.1 Å². The van der Waals surface area contributed by atoms with Crippen molar-refractivity contribution in [3.63, 3.8) is 0 Å². The second-order valence-electron chi connectivity index (χ2n) is 8.77. The highest BCUT2D eigenvalue weighted by molar-refractivity contribution is 5.74. The first-order chi connectivity index (χ1) is 15.9. The molecule has 1 heterocycles.